The van der Waals surface area contributed by atoms with Crippen LogP contribution in [0.5, 0.6) is 11.5 Å². The molecule has 1 N–H and O–H groups in total. The molecular weight excluding hydrogens is 500 g/mol. The standard InChI is InChI=1S/C29H28N4O4S/c1-18-4-10-21(11-5-18)30-27(34)17-26-28(35)31-29(38-26)33-25(20-8-14-23(37-3)15-9-20)16-24(32-33)19-6-12-22(36-2)13-7-19/h4-15,25-26H,16-17H2,1-3H3,(H,30,34)/t25-,26+/m1/s1. The molecular formula is C29H28N4O4S. The molecule has 0 unspecified atom stereocenters. The maximum atomic E-state index is 12.8. The molecule has 0 radical (unpaired) electrons. The zero-order valence-electron chi connectivity index (χ0n) is 21.4. The van der Waals surface area contributed by atoms with Gasteiger partial charge >= 0.3 is 0 Å². The molecule has 2 aliphatic heterocycles. The third kappa shape index (κ3) is 5.57. The number of carbonyl (C=O) groups excluding carboxylic acids is 2. The number of aryl methyl sites for hydroxylation is 1. The SMILES string of the molecule is COc1ccc(C2=NN(C3=NC(=O)[C@H](CC(=O)Nc4ccc(C)cc4)S3)[C@@H](c3ccc(OC)cc3)C2)cc1. The molecule has 5 rings (SSSR count). The van der Waals surface area contributed by atoms with Gasteiger partial charge in [0.15, 0.2) is 5.17 Å². The van der Waals surface area contributed by atoms with Crippen LogP contribution in [0.4, 0.5) is 5.69 Å². The maximum absolute atomic E-state index is 12.8. The largest absolute Gasteiger partial charge is 0.497 e. The quantitative estimate of drug-likeness (QED) is 0.454. The summed E-state index contributed by atoms with van der Waals surface area (Å²) in [4.78, 5) is 29.8. The van der Waals surface area contributed by atoms with E-state index in [1.165, 1.54) is 11.8 Å². The van der Waals surface area contributed by atoms with Crippen LogP contribution in [0.3, 0.4) is 0 Å². The van der Waals surface area contributed by atoms with Crippen LogP contribution in [0, 0.1) is 6.92 Å². The van der Waals surface area contributed by atoms with E-state index in [1.807, 2.05) is 84.7 Å². The number of methoxy groups -OCH3 is 2. The number of nitrogens with zero attached hydrogens (tertiary/aromatic N) is 3. The van der Waals surface area contributed by atoms with Crippen LogP contribution >= 0.6 is 11.8 Å². The summed E-state index contributed by atoms with van der Waals surface area (Å²) in [6.45, 7) is 1.98. The van der Waals surface area contributed by atoms with Gasteiger partial charge in [-0.25, -0.2) is 5.01 Å². The summed E-state index contributed by atoms with van der Waals surface area (Å²) >= 11 is 1.28. The van der Waals surface area contributed by atoms with E-state index in [9.17, 15) is 9.59 Å². The van der Waals surface area contributed by atoms with Crippen molar-refractivity contribution in [3.63, 3.8) is 0 Å². The van der Waals surface area contributed by atoms with Gasteiger partial charge in [0.25, 0.3) is 5.91 Å². The first kappa shape index (κ1) is 25.5. The van der Waals surface area contributed by atoms with Gasteiger partial charge < -0.3 is 14.8 Å². The van der Waals surface area contributed by atoms with Crippen molar-refractivity contribution in [1.82, 2.24) is 5.01 Å². The lowest BCUT2D eigenvalue weighted by Crippen LogP contribution is -2.25. The number of aliphatic imine (C=N–C) groups is 1. The third-order valence-corrected chi connectivity index (χ3v) is 7.61. The van der Waals surface area contributed by atoms with Crippen LogP contribution < -0.4 is 14.8 Å². The van der Waals surface area contributed by atoms with Gasteiger partial charge in [0, 0.05) is 18.5 Å². The normalized spacial score (nSPS) is 18.7. The number of benzene rings is 3. The lowest BCUT2D eigenvalue weighted by Gasteiger charge is -2.23. The molecule has 0 bridgehead atoms. The van der Waals surface area contributed by atoms with Crippen LogP contribution in [0.2, 0.25) is 0 Å². The summed E-state index contributed by atoms with van der Waals surface area (Å²) in [5, 5.41) is 9.46. The maximum Gasteiger partial charge on any atom is 0.262 e. The summed E-state index contributed by atoms with van der Waals surface area (Å²) in [5.74, 6) is 0.971. The van der Waals surface area contributed by atoms with Crippen LogP contribution in [0.15, 0.2) is 82.9 Å². The Morgan fingerprint density at radius 3 is 2.24 bits per heavy atom. The number of ether oxygens (including phenoxy) is 2. The van der Waals surface area contributed by atoms with Gasteiger partial charge in [-0.3, -0.25) is 9.59 Å². The average Bonchev–Trinajstić information content (AvgIpc) is 3.54. The number of hydrogen-bond donors (Lipinski definition) is 1. The van der Waals surface area contributed by atoms with Crippen molar-refractivity contribution in [3.05, 3.63) is 89.5 Å². The van der Waals surface area contributed by atoms with Crippen molar-refractivity contribution in [3.8, 4) is 11.5 Å². The van der Waals surface area contributed by atoms with Gasteiger partial charge in [0.2, 0.25) is 5.91 Å². The molecule has 0 aliphatic carbocycles. The van der Waals surface area contributed by atoms with Crippen molar-refractivity contribution in [2.45, 2.75) is 31.1 Å². The summed E-state index contributed by atoms with van der Waals surface area (Å²) in [6.07, 6.45) is 0.658. The number of amidine groups is 1. The molecule has 0 saturated carbocycles. The Hall–Kier alpha value is -4.11. The average molecular weight is 529 g/mol. The Kier molecular flexibility index (Phi) is 7.46. The highest BCUT2D eigenvalue weighted by Crippen LogP contribution is 2.39. The predicted molar refractivity (Wildman–Crippen MR) is 150 cm³/mol. The zero-order chi connectivity index (χ0) is 26.6. The van der Waals surface area contributed by atoms with Crippen molar-refractivity contribution < 1.29 is 19.1 Å². The third-order valence-electron chi connectivity index (χ3n) is 6.47. The molecule has 3 aromatic rings. The number of hydrazone groups is 1. The number of nitrogens with one attached hydrogen (secondary N) is 1. The van der Waals surface area contributed by atoms with Gasteiger partial charge in [-0.2, -0.15) is 10.1 Å². The molecule has 2 atom stereocenters. The Bertz CT molecular complexity index is 1390. The second kappa shape index (κ2) is 11.1. The molecule has 0 spiro atoms. The molecule has 2 heterocycles. The van der Waals surface area contributed by atoms with E-state index in [-0.39, 0.29) is 24.3 Å². The first-order chi connectivity index (χ1) is 18.4. The molecule has 38 heavy (non-hydrogen) atoms. The van der Waals surface area contributed by atoms with Crippen molar-refractivity contribution in [2.24, 2.45) is 10.1 Å². The second-order valence-electron chi connectivity index (χ2n) is 9.07. The number of carbonyl (C=O) groups is 2. The molecule has 2 amide bonds. The molecule has 0 fully saturated rings. The smallest absolute Gasteiger partial charge is 0.262 e. The molecule has 9 heteroatoms. The Morgan fingerprint density at radius 1 is 0.974 bits per heavy atom. The highest BCUT2D eigenvalue weighted by molar-refractivity contribution is 8.15. The Balaban J connectivity index is 1.35. The van der Waals surface area contributed by atoms with Gasteiger partial charge in [-0.05, 0) is 66.6 Å². The molecule has 0 aromatic heterocycles. The van der Waals surface area contributed by atoms with E-state index in [1.54, 1.807) is 14.2 Å². The molecule has 3 aromatic carbocycles. The van der Waals surface area contributed by atoms with E-state index < -0.39 is 5.25 Å². The minimum absolute atomic E-state index is 0.0282. The fourth-order valence-corrected chi connectivity index (χ4v) is 5.41. The first-order valence-corrected chi connectivity index (χ1v) is 13.1. The number of hydrogen-bond acceptors (Lipinski definition) is 7. The monoisotopic (exact) mass is 528 g/mol. The van der Waals surface area contributed by atoms with Crippen molar-refractivity contribution in [1.29, 1.82) is 0 Å². The number of rotatable bonds is 7. The van der Waals surface area contributed by atoms with E-state index in [2.05, 4.69) is 10.3 Å². The number of thioether (sulfide) groups is 1. The second-order valence-corrected chi connectivity index (χ2v) is 10.2. The fraction of sp³-hybridized carbons (Fsp3) is 0.241. The summed E-state index contributed by atoms with van der Waals surface area (Å²) in [6, 6.07) is 22.9. The topological polar surface area (TPSA) is 92.6 Å². The predicted octanol–water partition coefficient (Wildman–Crippen LogP) is 5.19. The molecule has 194 valence electrons. The zero-order valence-corrected chi connectivity index (χ0v) is 22.2. The van der Waals surface area contributed by atoms with Crippen LogP contribution in [-0.2, 0) is 9.59 Å². The minimum Gasteiger partial charge on any atom is -0.497 e. The highest BCUT2D eigenvalue weighted by Gasteiger charge is 2.39. The first-order valence-electron chi connectivity index (χ1n) is 12.2. The Morgan fingerprint density at radius 2 is 1.61 bits per heavy atom. The van der Waals surface area contributed by atoms with Gasteiger partial charge in [0.05, 0.1) is 26.0 Å². The van der Waals surface area contributed by atoms with Crippen LogP contribution in [0.1, 0.15) is 35.6 Å². The van der Waals surface area contributed by atoms with Gasteiger partial charge in [-0.1, -0.05) is 41.6 Å². The van der Waals surface area contributed by atoms with E-state index >= 15 is 0 Å². The lowest BCUT2D eigenvalue weighted by atomic mass is 9.98. The molecule has 2 aliphatic rings. The summed E-state index contributed by atoms with van der Waals surface area (Å²) in [5.41, 5.74) is 4.68. The fourth-order valence-electron chi connectivity index (χ4n) is 4.35. The number of anilines is 1. The van der Waals surface area contributed by atoms with Crippen LogP contribution in [0.25, 0.3) is 0 Å². The van der Waals surface area contributed by atoms with Crippen molar-refractivity contribution >= 4 is 40.1 Å². The van der Waals surface area contributed by atoms with Crippen LogP contribution in [-0.4, -0.2) is 47.2 Å². The number of amides is 2. The highest BCUT2D eigenvalue weighted by atomic mass is 32.2. The Labute approximate surface area is 225 Å². The lowest BCUT2D eigenvalue weighted by molar-refractivity contribution is -0.121. The molecule has 0 saturated heterocycles. The van der Waals surface area contributed by atoms with E-state index in [0.717, 1.165) is 33.9 Å². The minimum atomic E-state index is -0.604. The van der Waals surface area contributed by atoms with Gasteiger partial charge in [0.1, 0.15) is 16.7 Å². The van der Waals surface area contributed by atoms with E-state index in [4.69, 9.17) is 14.6 Å². The summed E-state index contributed by atoms with van der Waals surface area (Å²) < 4.78 is 10.6. The summed E-state index contributed by atoms with van der Waals surface area (Å²) in [7, 11) is 3.26. The van der Waals surface area contributed by atoms with E-state index in [0.29, 0.717) is 17.3 Å². The molecule has 8 nitrogen and oxygen atoms in total. The van der Waals surface area contributed by atoms with Crippen molar-refractivity contribution in [2.75, 3.05) is 19.5 Å². The van der Waals surface area contributed by atoms with Gasteiger partial charge in [-0.15, -0.1) is 0 Å².